The Hall–Kier alpha value is -3.43. The minimum Gasteiger partial charge on any atom is -0.479 e. The average molecular weight is 469 g/mol. The summed E-state index contributed by atoms with van der Waals surface area (Å²) in [6.07, 6.45) is -1.03. The number of ether oxygens (including phenoxy) is 3. The Balaban J connectivity index is 1.31. The van der Waals surface area contributed by atoms with Crippen molar-refractivity contribution in [1.29, 1.82) is 0 Å². The number of nitrogens with one attached hydrogen (secondary N) is 2. The van der Waals surface area contributed by atoms with Crippen LogP contribution in [0.25, 0.3) is 11.1 Å². The number of carbonyl (C=O) groups excluding carboxylic acids is 2. The van der Waals surface area contributed by atoms with Crippen LogP contribution in [0.3, 0.4) is 0 Å². The summed E-state index contributed by atoms with van der Waals surface area (Å²) in [5.41, 5.74) is 4.45. The number of fused-ring (bicyclic) bond motifs is 3. The van der Waals surface area contributed by atoms with Crippen molar-refractivity contribution in [3.8, 4) is 11.1 Å². The molecule has 4 rings (SSSR count). The van der Waals surface area contributed by atoms with Gasteiger partial charge in [0.15, 0.2) is 6.10 Å². The fraction of sp³-hybridized carbons (Fsp3) is 0.400. The third-order valence-electron chi connectivity index (χ3n) is 6.17. The number of alkyl carbamates (subject to hydrolysis) is 1. The summed E-state index contributed by atoms with van der Waals surface area (Å²) < 4.78 is 16.0. The summed E-state index contributed by atoms with van der Waals surface area (Å²) in [7, 11) is 1.43. The third-order valence-corrected chi connectivity index (χ3v) is 6.17. The van der Waals surface area contributed by atoms with Gasteiger partial charge in [-0.25, -0.2) is 9.59 Å². The van der Waals surface area contributed by atoms with E-state index in [0.29, 0.717) is 12.8 Å². The molecule has 2 amide bonds. The lowest BCUT2D eigenvalue weighted by Crippen LogP contribution is -2.50. The van der Waals surface area contributed by atoms with Crippen LogP contribution in [0, 0.1) is 0 Å². The Morgan fingerprint density at radius 1 is 1.06 bits per heavy atom. The molecule has 2 aliphatic rings. The molecule has 1 aliphatic carbocycles. The quantitative estimate of drug-likeness (QED) is 0.516. The van der Waals surface area contributed by atoms with Crippen LogP contribution in [0.15, 0.2) is 48.5 Å². The molecule has 2 unspecified atom stereocenters. The summed E-state index contributed by atoms with van der Waals surface area (Å²) >= 11 is 0. The molecule has 3 atom stereocenters. The second kappa shape index (κ2) is 10.7. The smallest absolute Gasteiger partial charge is 0.407 e. The van der Waals surface area contributed by atoms with Gasteiger partial charge in [-0.15, -0.1) is 0 Å². The van der Waals surface area contributed by atoms with Crippen LogP contribution in [0.1, 0.15) is 29.9 Å². The molecule has 2 aromatic rings. The van der Waals surface area contributed by atoms with Crippen molar-refractivity contribution >= 4 is 18.0 Å². The zero-order chi connectivity index (χ0) is 24.1. The molecule has 0 spiro atoms. The highest BCUT2D eigenvalue weighted by atomic mass is 16.6. The lowest BCUT2D eigenvalue weighted by molar-refractivity contribution is -0.149. The molecule has 3 N–H and O–H groups in total. The fourth-order valence-electron chi connectivity index (χ4n) is 4.51. The van der Waals surface area contributed by atoms with Crippen molar-refractivity contribution in [2.75, 3.05) is 26.9 Å². The average Bonchev–Trinajstić information content (AvgIpc) is 3.44. The fourth-order valence-corrected chi connectivity index (χ4v) is 4.51. The topological polar surface area (TPSA) is 123 Å². The van der Waals surface area contributed by atoms with Crippen molar-refractivity contribution < 1.29 is 33.7 Å². The van der Waals surface area contributed by atoms with E-state index in [1.54, 1.807) is 0 Å². The number of carbonyl (C=O) groups is 3. The Kier molecular flexibility index (Phi) is 7.44. The van der Waals surface area contributed by atoms with Gasteiger partial charge in [-0.1, -0.05) is 48.5 Å². The first-order valence-electron chi connectivity index (χ1n) is 11.2. The Labute approximate surface area is 197 Å². The van der Waals surface area contributed by atoms with Gasteiger partial charge in [-0.05, 0) is 35.1 Å². The zero-order valence-electron chi connectivity index (χ0n) is 18.9. The number of hydrogen-bond donors (Lipinski definition) is 3. The van der Waals surface area contributed by atoms with Crippen LogP contribution in [0.4, 0.5) is 4.79 Å². The molecule has 180 valence electrons. The summed E-state index contributed by atoms with van der Waals surface area (Å²) in [5.74, 6) is -1.56. The van der Waals surface area contributed by atoms with E-state index >= 15 is 0 Å². The molecule has 1 fully saturated rings. The number of hydrogen-bond acceptors (Lipinski definition) is 6. The minimum atomic E-state index is -1.01. The van der Waals surface area contributed by atoms with Gasteiger partial charge in [0, 0.05) is 19.6 Å². The van der Waals surface area contributed by atoms with Crippen molar-refractivity contribution in [1.82, 2.24) is 10.6 Å². The largest absolute Gasteiger partial charge is 0.479 e. The molecule has 0 saturated carbocycles. The van der Waals surface area contributed by atoms with E-state index in [1.165, 1.54) is 7.11 Å². The molecule has 0 radical (unpaired) electrons. The van der Waals surface area contributed by atoms with Crippen LogP contribution in [-0.2, 0) is 23.8 Å². The van der Waals surface area contributed by atoms with Crippen LogP contribution in [0.5, 0.6) is 0 Å². The SMILES string of the molecule is COC[C@H](NC(=O)OCC1c2ccccc2-c2ccccc21)C(=O)NCC1CCC(C(=O)O)O1. The van der Waals surface area contributed by atoms with E-state index in [-0.39, 0.29) is 31.8 Å². The van der Waals surface area contributed by atoms with Gasteiger partial charge >= 0.3 is 12.1 Å². The predicted octanol–water partition coefficient (Wildman–Crippen LogP) is 2.29. The highest BCUT2D eigenvalue weighted by molar-refractivity contribution is 5.86. The van der Waals surface area contributed by atoms with E-state index in [0.717, 1.165) is 22.3 Å². The lowest BCUT2D eigenvalue weighted by atomic mass is 9.98. The standard InChI is InChI=1S/C25H28N2O7/c1-32-14-21(23(28)26-12-15-10-11-22(34-15)24(29)30)27-25(31)33-13-20-18-8-4-2-6-16(18)17-7-3-5-9-19(17)20/h2-9,15,20-22H,10-14H2,1H3,(H,26,28)(H,27,31)(H,29,30)/t15?,21-,22?/m0/s1. The third kappa shape index (κ3) is 5.21. The van der Waals surface area contributed by atoms with Crippen LogP contribution in [-0.4, -0.2) is 68.2 Å². The summed E-state index contributed by atoms with van der Waals surface area (Å²) in [6.45, 7) is 0.238. The highest BCUT2D eigenvalue weighted by Crippen LogP contribution is 2.44. The molecule has 9 heteroatoms. The second-order valence-corrected chi connectivity index (χ2v) is 8.39. The van der Waals surface area contributed by atoms with Gasteiger partial charge in [0.1, 0.15) is 12.6 Å². The highest BCUT2D eigenvalue weighted by Gasteiger charge is 2.32. The number of methoxy groups -OCH3 is 1. The zero-order valence-corrected chi connectivity index (χ0v) is 18.9. The molecule has 1 aliphatic heterocycles. The normalized spacial score (nSPS) is 19.7. The van der Waals surface area contributed by atoms with Crippen molar-refractivity contribution in [2.45, 2.75) is 37.0 Å². The first-order valence-corrected chi connectivity index (χ1v) is 11.2. The van der Waals surface area contributed by atoms with Gasteiger partial charge in [-0.3, -0.25) is 4.79 Å². The molecule has 2 aromatic carbocycles. The van der Waals surface area contributed by atoms with E-state index in [2.05, 4.69) is 22.8 Å². The number of benzene rings is 2. The molecule has 1 heterocycles. The number of carboxylic acids is 1. The maximum absolute atomic E-state index is 12.6. The number of rotatable bonds is 9. The van der Waals surface area contributed by atoms with Crippen LogP contribution in [0.2, 0.25) is 0 Å². The first-order chi connectivity index (χ1) is 16.5. The van der Waals surface area contributed by atoms with Crippen molar-refractivity contribution in [3.63, 3.8) is 0 Å². The Morgan fingerprint density at radius 3 is 2.29 bits per heavy atom. The Morgan fingerprint density at radius 2 is 1.71 bits per heavy atom. The van der Waals surface area contributed by atoms with E-state index in [4.69, 9.17) is 19.3 Å². The lowest BCUT2D eigenvalue weighted by Gasteiger charge is -2.20. The summed E-state index contributed by atoms with van der Waals surface area (Å²) in [6, 6.07) is 15.1. The number of aliphatic carboxylic acids is 1. The van der Waals surface area contributed by atoms with Crippen LogP contribution >= 0.6 is 0 Å². The van der Waals surface area contributed by atoms with Crippen molar-refractivity contribution in [2.24, 2.45) is 0 Å². The molecule has 0 bridgehead atoms. The summed E-state index contributed by atoms with van der Waals surface area (Å²) in [4.78, 5) is 36.1. The van der Waals surface area contributed by atoms with E-state index < -0.39 is 30.1 Å². The number of carboxylic acid groups (broad SMARTS) is 1. The molecular formula is C25H28N2O7. The first kappa shape index (κ1) is 23.7. The summed E-state index contributed by atoms with van der Waals surface area (Å²) in [5, 5.41) is 14.3. The van der Waals surface area contributed by atoms with Crippen molar-refractivity contribution in [3.05, 3.63) is 59.7 Å². The van der Waals surface area contributed by atoms with E-state index in [9.17, 15) is 14.4 Å². The van der Waals surface area contributed by atoms with Gasteiger partial charge < -0.3 is 30.0 Å². The molecular weight excluding hydrogens is 440 g/mol. The van der Waals surface area contributed by atoms with Gasteiger partial charge in [0.25, 0.3) is 0 Å². The molecule has 0 aromatic heterocycles. The molecule has 9 nitrogen and oxygen atoms in total. The monoisotopic (exact) mass is 468 g/mol. The predicted molar refractivity (Wildman–Crippen MR) is 122 cm³/mol. The second-order valence-electron chi connectivity index (χ2n) is 8.39. The molecule has 1 saturated heterocycles. The maximum Gasteiger partial charge on any atom is 0.407 e. The van der Waals surface area contributed by atoms with Gasteiger partial charge in [-0.2, -0.15) is 0 Å². The maximum atomic E-state index is 12.6. The van der Waals surface area contributed by atoms with Gasteiger partial charge in [0.05, 0.1) is 12.7 Å². The molecule has 34 heavy (non-hydrogen) atoms. The van der Waals surface area contributed by atoms with Crippen LogP contribution < -0.4 is 10.6 Å². The van der Waals surface area contributed by atoms with E-state index in [1.807, 2.05) is 36.4 Å². The minimum absolute atomic E-state index is 0.0424. The number of amides is 2. The Bertz CT molecular complexity index is 1010. The van der Waals surface area contributed by atoms with Gasteiger partial charge in [0.2, 0.25) is 5.91 Å².